The summed E-state index contributed by atoms with van der Waals surface area (Å²) < 4.78 is 67.8. The van der Waals surface area contributed by atoms with Crippen LogP contribution in [0.2, 0.25) is 5.02 Å². The van der Waals surface area contributed by atoms with Crippen molar-refractivity contribution >= 4 is 17.6 Å². The highest BCUT2D eigenvalue weighted by atomic mass is 35.5. The van der Waals surface area contributed by atoms with Crippen molar-refractivity contribution in [2.45, 2.75) is 19.0 Å². The molecule has 0 aliphatic heterocycles. The molecule has 1 aromatic rings. The first kappa shape index (κ1) is 15.6. The van der Waals surface area contributed by atoms with Gasteiger partial charge in [0.25, 0.3) is 6.43 Å². The molecule has 3 nitrogen and oxygen atoms in total. The third-order valence-corrected chi connectivity index (χ3v) is 2.51. The maximum absolute atomic E-state index is 12.8. The lowest BCUT2D eigenvalue weighted by Crippen LogP contribution is -2.18. The monoisotopic (exact) mass is 303 g/mol. The van der Waals surface area contributed by atoms with E-state index in [2.05, 4.69) is 9.72 Å². The molecule has 1 heterocycles. The van der Waals surface area contributed by atoms with E-state index in [0.717, 1.165) is 7.11 Å². The average Bonchev–Trinajstić information content (AvgIpc) is 2.26. The van der Waals surface area contributed by atoms with Gasteiger partial charge in [0.1, 0.15) is 5.69 Å². The highest BCUT2D eigenvalue weighted by molar-refractivity contribution is 6.31. The lowest BCUT2D eigenvalue weighted by Gasteiger charge is -2.16. The first-order valence-electron chi connectivity index (χ1n) is 4.78. The third-order valence-electron chi connectivity index (χ3n) is 2.21. The average molecular weight is 304 g/mol. The second kappa shape index (κ2) is 5.68. The molecule has 1 rings (SSSR count). The van der Waals surface area contributed by atoms with E-state index in [0.29, 0.717) is 6.20 Å². The first-order chi connectivity index (χ1) is 8.68. The third kappa shape index (κ3) is 3.52. The minimum absolute atomic E-state index is 0.479. The Hall–Kier alpha value is -1.44. The van der Waals surface area contributed by atoms with Crippen LogP contribution < -0.4 is 0 Å². The summed E-state index contributed by atoms with van der Waals surface area (Å²) in [6.45, 7) is 0. The molecular formula is C10H7ClF5NO2. The molecule has 0 atom stereocenters. The zero-order chi connectivity index (χ0) is 14.8. The fourth-order valence-electron chi connectivity index (χ4n) is 1.42. The number of esters is 1. The van der Waals surface area contributed by atoms with Crippen molar-refractivity contribution in [3.63, 3.8) is 0 Å². The Morgan fingerprint density at radius 1 is 1.47 bits per heavy atom. The molecule has 0 aliphatic rings. The number of alkyl halides is 5. The van der Waals surface area contributed by atoms with Gasteiger partial charge in [-0.2, -0.15) is 13.2 Å². The molecule has 0 saturated heterocycles. The number of ether oxygens (including phenoxy) is 1. The summed E-state index contributed by atoms with van der Waals surface area (Å²) in [5, 5.41) is -0.637. The van der Waals surface area contributed by atoms with E-state index in [1.165, 1.54) is 0 Å². The van der Waals surface area contributed by atoms with Crippen molar-refractivity contribution in [2.24, 2.45) is 0 Å². The van der Waals surface area contributed by atoms with Gasteiger partial charge in [0.05, 0.1) is 18.6 Å². The predicted octanol–water partition coefficient (Wildman–Crippen LogP) is 3.41. The van der Waals surface area contributed by atoms with Gasteiger partial charge >= 0.3 is 12.1 Å². The molecule has 106 valence electrons. The lowest BCUT2D eigenvalue weighted by molar-refractivity contribution is -0.143. The van der Waals surface area contributed by atoms with Crippen LogP contribution in [-0.4, -0.2) is 18.1 Å². The van der Waals surface area contributed by atoms with E-state index < -0.39 is 46.8 Å². The largest absolute Gasteiger partial charge is 0.469 e. The SMILES string of the molecule is COC(=O)Cc1c(C(F)(F)F)ncc(Cl)c1C(F)F. The molecule has 0 amide bonds. The van der Waals surface area contributed by atoms with E-state index in [9.17, 15) is 26.7 Å². The molecule has 9 heteroatoms. The van der Waals surface area contributed by atoms with Gasteiger partial charge in [-0.15, -0.1) is 0 Å². The van der Waals surface area contributed by atoms with Crippen molar-refractivity contribution in [3.8, 4) is 0 Å². The topological polar surface area (TPSA) is 39.2 Å². The van der Waals surface area contributed by atoms with E-state index in [-0.39, 0.29) is 0 Å². The Kier molecular flexibility index (Phi) is 4.67. The molecule has 0 saturated carbocycles. The summed E-state index contributed by atoms with van der Waals surface area (Å²) in [7, 11) is 0.926. The number of hydrogen-bond donors (Lipinski definition) is 0. The summed E-state index contributed by atoms with van der Waals surface area (Å²) in [5.74, 6) is -1.10. The van der Waals surface area contributed by atoms with Gasteiger partial charge in [0, 0.05) is 17.3 Å². The van der Waals surface area contributed by atoms with Gasteiger partial charge in [-0.25, -0.2) is 13.8 Å². The van der Waals surface area contributed by atoms with Crippen LogP contribution in [0.5, 0.6) is 0 Å². The van der Waals surface area contributed by atoms with Gasteiger partial charge < -0.3 is 4.74 Å². The Morgan fingerprint density at radius 2 is 2.05 bits per heavy atom. The Balaban J connectivity index is 3.49. The highest BCUT2D eigenvalue weighted by Crippen LogP contribution is 2.38. The first-order valence-corrected chi connectivity index (χ1v) is 5.15. The van der Waals surface area contributed by atoms with Crippen LogP contribution in [0.1, 0.15) is 23.2 Å². The molecule has 19 heavy (non-hydrogen) atoms. The quantitative estimate of drug-likeness (QED) is 0.634. The Bertz CT molecular complexity index is 490. The van der Waals surface area contributed by atoms with Crippen LogP contribution in [-0.2, 0) is 22.1 Å². The van der Waals surface area contributed by atoms with Crippen LogP contribution in [0.25, 0.3) is 0 Å². The summed E-state index contributed by atoms with van der Waals surface area (Å²) in [4.78, 5) is 14.0. The zero-order valence-electron chi connectivity index (χ0n) is 9.39. The zero-order valence-corrected chi connectivity index (χ0v) is 10.1. The molecule has 0 aromatic carbocycles. The van der Waals surface area contributed by atoms with Crippen molar-refractivity contribution in [3.05, 3.63) is 28.0 Å². The standard InChI is InChI=1S/C10H7ClF5NO2/c1-19-6(18)2-4-7(9(12)13)5(11)3-17-8(4)10(14,15)16/h3,9H,2H2,1H3. The van der Waals surface area contributed by atoms with Gasteiger partial charge in [0.2, 0.25) is 0 Å². The Morgan fingerprint density at radius 3 is 2.47 bits per heavy atom. The summed E-state index contributed by atoms with van der Waals surface area (Å²) in [5.41, 5.74) is -3.60. The maximum atomic E-state index is 12.8. The second-order valence-corrected chi connectivity index (χ2v) is 3.81. The van der Waals surface area contributed by atoms with Crippen molar-refractivity contribution in [2.75, 3.05) is 7.11 Å². The lowest BCUT2D eigenvalue weighted by atomic mass is 10.0. The molecule has 0 N–H and O–H groups in total. The minimum Gasteiger partial charge on any atom is -0.469 e. The summed E-state index contributed by atoms with van der Waals surface area (Å²) >= 11 is 5.41. The molecule has 0 fully saturated rings. The van der Waals surface area contributed by atoms with Gasteiger partial charge in [-0.3, -0.25) is 4.79 Å². The van der Waals surface area contributed by atoms with E-state index in [1.54, 1.807) is 0 Å². The number of nitrogens with zero attached hydrogens (tertiary/aromatic N) is 1. The van der Waals surface area contributed by atoms with Gasteiger partial charge in [-0.05, 0) is 0 Å². The minimum atomic E-state index is -4.97. The number of aromatic nitrogens is 1. The van der Waals surface area contributed by atoms with Crippen molar-refractivity contribution in [1.29, 1.82) is 0 Å². The smallest absolute Gasteiger partial charge is 0.433 e. The highest BCUT2D eigenvalue weighted by Gasteiger charge is 2.38. The molecule has 0 spiro atoms. The maximum Gasteiger partial charge on any atom is 0.433 e. The van der Waals surface area contributed by atoms with Gasteiger partial charge in [-0.1, -0.05) is 11.6 Å². The number of halogens is 6. The van der Waals surface area contributed by atoms with Crippen LogP contribution in [0.3, 0.4) is 0 Å². The molecule has 0 unspecified atom stereocenters. The van der Waals surface area contributed by atoms with Crippen molar-refractivity contribution in [1.82, 2.24) is 4.98 Å². The number of carbonyl (C=O) groups is 1. The molecule has 0 aliphatic carbocycles. The van der Waals surface area contributed by atoms with Gasteiger partial charge in [0.15, 0.2) is 0 Å². The number of hydrogen-bond acceptors (Lipinski definition) is 3. The molecule has 1 aromatic heterocycles. The fourth-order valence-corrected chi connectivity index (χ4v) is 1.66. The van der Waals surface area contributed by atoms with E-state index >= 15 is 0 Å². The molecule has 0 bridgehead atoms. The van der Waals surface area contributed by atoms with E-state index in [4.69, 9.17) is 11.6 Å². The van der Waals surface area contributed by atoms with Crippen LogP contribution >= 0.6 is 11.6 Å². The Labute approximate surface area is 109 Å². The summed E-state index contributed by atoms with van der Waals surface area (Å²) in [6.07, 6.45) is -8.75. The molecule has 0 radical (unpaired) electrons. The van der Waals surface area contributed by atoms with Crippen LogP contribution in [0.15, 0.2) is 6.20 Å². The number of pyridine rings is 1. The van der Waals surface area contributed by atoms with Crippen LogP contribution in [0, 0.1) is 0 Å². The number of carbonyl (C=O) groups excluding carboxylic acids is 1. The second-order valence-electron chi connectivity index (χ2n) is 3.40. The normalized spacial score (nSPS) is 11.8. The summed E-state index contributed by atoms with van der Waals surface area (Å²) in [6, 6.07) is 0. The fraction of sp³-hybridized carbons (Fsp3) is 0.400. The predicted molar refractivity (Wildman–Crippen MR) is 54.9 cm³/mol. The van der Waals surface area contributed by atoms with Crippen LogP contribution in [0.4, 0.5) is 22.0 Å². The number of rotatable bonds is 3. The van der Waals surface area contributed by atoms with E-state index in [1.807, 2.05) is 0 Å². The van der Waals surface area contributed by atoms with Crippen molar-refractivity contribution < 1.29 is 31.5 Å². The molecular weight excluding hydrogens is 297 g/mol. The number of methoxy groups -OCH3 is 1.